The van der Waals surface area contributed by atoms with E-state index in [1.165, 1.54) is 0 Å². The number of aromatic nitrogens is 2. The summed E-state index contributed by atoms with van der Waals surface area (Å²) in [6.07, 6.45) is -0.350. The lowest BCUT2D eigenvalue weighted by Crippen LogP contribution is -2.42. The number of hydrogen-bond donors (Lipinski definition) is 0. The zero-order valence-electron chi connectivity index (χ0n) is 12.9. The van der Waals surface area contributed by atoms with Crippen LogP contribution in [0.1, 0.15) is 53.6 Å². The van der Waals surface area contributed by atoms with Crippen LogP contribution in [0.2, 0.25) is 0 Å². The van der Waals surface area contributed by atoms with Gasteiger partial charge in [0.25, 0.3) is 5.91 Å². The smallest absolute Gasteiger partial charge is 0.255 e. The fourth-order valence-electron chi connectivity index (χ4n) is 2.34. The number of carbonyl (C=O) groups excluding carboxylic acids is 1. The molecule has 1 atom stereocenters. The van der Waals surface area contributed by atoms with Crippen molar-refractivity contribution in [3.63, 3.8) is 0 Å². The van der Waals surface area contributed by atoms with Crippen molar-refractivity contribution in [2.75, 3.05) is 19.7 Å². The number of nitrogens with zero attached hydrogens (tertiary/aromatic N) is 3. The molecule has 1 saturated heterocycles. The molecule has 6 nitrogen and oxygen atoms in total. The van der Waals surface area contributed by atoms with E-state index in [2.05, 4.69) is 10.2 Å². The number of aryl methyl sites for hydroxylation is 1. The summed E-state index contributed by atoms with van der Waals surface area (Å²) in [5.74, 6) is 1.26. The SMILES string of the molecule is Cc1cscc1C(=O)N1CCO[C@H](c2nnc(C(C)C)o2)C1. The highest BCUT2D eigenvalue weighted by Gasteiger charge is 2.30. The molecule has 0 radical (unpaired) electrons. The molecular formula is C15H19N3O3S. The molecule has 1 aliphatic heterocycles. The van der Waals surface area contributed by atoms with E-state index in [1.54, 1.807) is 16.2 Å². The molecule has 3 rings (SSSR count). The molecule has 0 saturated carbocycles. The predicted molar refractivity (Wildman–Crippen MR) is 82.0 cm³/mol. The Hall–Kier alpha value is -1.73. The van der Waals surface area contributed by atoms with Gasteiger partial charge in [0.1, 0.15) is 0 Å². The molecule has 22 heavy (non-hydrogen) atoms. The molecule has 1 amide bonds. The molecule has 0 spiro atoms. The van der Waals surface area contributed by atoms with E-state index < -0.39 is 0 Å². The number of ether oxygens (including phenoxy) is 1. The number of thiophene rings is 1. The summed E-state index contributed by atoms with van der Waals surface area (Å²) in [6, 6.07) is 0. The Morgan fingerprint density at radius 1 is 1.41 bits per heavy atom. The maximum absolute atomic E-state index is 12.6. The molecule has 0 aliphatic carbocycles. The molecule has 1 fully saturated rings. The van der Waals surface area contributed by atoms with Crippen molar-refractivity contribution >= 4 is 17.2 Å². The minimum absolute atomic E-state index is 0.0376. The highest BCUT2D eigenvalue weighted by atomic mass is 32.1. The van der Waals surface area contributed by atoms with Gasteiger partial charge in [-0.1, -0.05) is 13.8 Å². The van der Waals surface area contributed by atoms with E-state index in [9.17, 15) is 4.79 Å². The number of carbonyl (C=O) groups is 1. The molecule has 2 aromatic rings. The van der Waals surface area contributed by atoms with Gasteiger partial charge in [0, 0.05) is 17.8 Å². The number of hydrogen-bond acceptors (Lipinski definition) is 6. The molecular weight excluding hydrogens is 302 g/mol. The van der Waals surface area contributed by atoms with Gasteiger partial charge in [-0.05, 0) is 17.9 Å². The second kappa shape index (κ2) is 6.18. The van der Waals surface area contributed by atoms with Crippen molar-refractivity contribution in [2.45, 2.75) is 32.8 Å². The largest absolute Gasteiger partial charge is 0.422 e. The van der Waals surface area contributed by atoms with Crippen molar-refractivity contribution in [1.29, 1.82) is 0 Å². The van der Waals surface area contributed by atoms with E-state index in [1.807, 2.05) is 31.5 Å². The van der Waals surface area contributed by atoms with Gasteiger partial charge in [-0.15, -0.1) is 10.2 Å². The van der Waals surface area contributed by atoms with Gasteiger partial charge in [-0.25, -0.2) is 0 Å². The Balaban J connectivity index is 1.73. The maximum atomic E-state index is 12.6. The molecule has 0 aromatic carbocycles. The Bertz CT molecular complexity index is 665. The second-order valence-corrected chi connectivity index (χ2v) is 6.46. The van der Waals surface area contributed by atoms with Crippen LogP contribution in [0.3, 0.4) is 0 Å². The summed E-state index contributed by atoms with van der Waals surface area (Å²) >= 11 is 1.54. The van der Waals surface area contributed by atoms with Gasteiger partial charge >= 0.3 is 0 Å². The van der Waals surface area contributed by atoms with Gasteiger partial charge in [-0.2, -0.15) is 11.3 Å². The van der Waals surface area contributed by atoms with Gasteiger partial charge in [0.15, 0.2) is 6.10 Å². The zero-order valence-corrected chi connectivity index (χ0v) is 13.7. The summed E-state index contributed by atoms with van der Waals surface area (Å²) in [6.45, 7) is 7.43. The van der Waals surface area contributed by atoms with Crippen LogP contribution < -0.4 is 0 Å². The van der Waals surface area contributed by atoms with Crippen LogP contribution in [0.4, 0.5) is 0 Å². The van der Waals surface area contributed by atoms with E-state index in [0.717, 1.165) is 11.1 Å². The number of amides is 1. The summed E-state index contributed by atoms with van der Waals surface area (Å²) in [5, 5.41) is 12.0. The van der Waals surface area contributed by atoms with Crippen molar-refractivity contribution in [3.8, 4) is 0 Å². The van der Waals surface area contributed by atoms with E-state index in [-0.39, 0.29) is 17.9 Å². The van der Waals surface area contributed by atoms with Crippen LogP contribution in [0.5, 0.6) is 0 Å². The van der Waals surface area contributed by atoms with Gasteiger partial charge < -0.3 is 14.1 Å². The van der Waals surface area contributed by atoms with Gasteiger partial charge in [0.05, 0.1) is 18.7 Å². The fourth-order valence-corrected chi connectivity index (χ4v) is 3.17. The fraction of sp³-hybridized carbons (Fsp3) is 0.533. The Labute approximate surface area is 133 Å². The molecule has 118 valence electrons. The lowest BCUT2D eigenvalue weighted by molar-refractivity contribution is -0.0351. The molecule has 0 bridgehead atoms. The minimum Gasteiger partial charge on any atom is -0.422 e. The van der Waals surface area contributed by atoms with Crippen LogP contribution >= 0.6 is 11.3 Å². The average molecular weight is 321 g/mol. The first kappa shape index (κ1) is 15.2. The molecule has 1 aliphatic rings. The van der Waals surface area contributed by atoms with Gasteiger partial charge in [-0.3, -0.25) is 4.79 Å². The van der Waals surface area contributed by atoms with Crippen molar-refractivity contribution in [1.82, 2.24) is 15.1 Å². The van der Waals surface area contributed by atoms with Crippen molar-refractivity contribution in [3.05, 3.63) is 33.7 Å². The lowest BCUT2D eigenvalue weighted by Gasteiger charge is -2.31. The minimum atomic E-state index is -0.350. The molecule has 0 N–H and O–H groups in total. The summed E-state index contributed by atoms with van der Waals surface area (Å²) < 4.78 is 11.3. The quantitative estimate of drug-likeness (QED) is 0.869. The first-order valence-electron chi connectivity index (χ1n) is 7.33. The Morgan fingerprint density at radius 2 is 2.23 bits per heavy atom. The van der Waals surface area contributed by atoms with Crippen LogP contribution in [-0.2, 0) is 4.74 Å². The van der Waals surface area contributed by atoms with Crippen LogP contribution in [-0.4, -0.2) is 40.7 Å². The molecule has 2 aromatic heterocycles. The first-order valence-corrected chi connectivity index (χ1v) is 8.27. The molecule has 3 heterocycles. The Kier molecular flexibility index (Phi) is 4.26. The second-order valence-electron chi connectivity index (χ2n) is 5.71. The molecule has 7 heteroatoms. The normalized spacial score (nSPS) is 18.9. The maximum Gasteiger partial charge on any atom is 0.255 e. The summed E-state index contributed by atoms with van der Waals surface area (Å²) in [4.78, 5) is 14.4. The van der Waals surface area contributed by atoms with E-state index in [0.29, 0.717) is 31.5 Å². The van der Waals surface area contributed by atoms with E-state index >= 15 is 0 Å². The number of rotatable bonds is 3. The van der Waals surface area contributed by atoms with Crippen molar-refractivity contribution < 1.29 is 13.9 Å². The third-order valence-corrected chi connectivity index (χ3v) is 4.53. The number of morpholine rings is 1. The van der Waals surface area contributed by atoms with Crippen molar-refractivity contribution in [2.24, 2.45) is 0 Å². The third-order valence-electron chi connectivity index (χ3n) is 3.67. The lowest BCUT2D eigenvalue weighted by atomic mass is 10.1. The topological polar surface area (TPSA) is 68.5 Å². The predicted octanol–water partition coefficient (Wildman–Crippen LogP) is 2.78. The van der Waals surface area contributed by atoms with Crippen LogP contribution in [0.15, 0.2) is 15.2 Å². The highest BCUT2D eigenvalue weighted by molar-refractivity contribution is 7.08. The summed E-state index contributed by atoms with van der Waals surface area (Å²) in [5.41, 5.74) is 1.77. The summed E-state index contributed by atoms with van der Waals surface area (Å²) in [7, 11) is 0. The van der Waals surface area contributed by atoms with Crippen LogP contribution in [0.25, 0.3) is 0 Å². The van der Waals surface area contributed by atoms with E-state index in [4.69, 9.17) is 9.15 Å². The first-order chi connectivity index (χ1) is 10.6. The Morgan fingerprint density at radius 3 is 2.86 bits per heavy atom. The molecule has 0 unspecified atom stereocenters. The third kappa shape index (κ3) is 2.91. The van der Waals surface area contributed by atoms with Crippen LogP contribution in [0, 0.1) is 6.92 Å². The zero-order chi connectivity index (χ0) is 15.7. The standard InChI is InChI=1S/C15H19N3O3S/c1-9(2)13-16-17-14(21-13)12-6-18(4-5-20-12)15(19)11-8-22-7-10(11)3/h7-9,12H,4-6H2,1-3H3/t12-/m0/s1. The average Bonchev–Trinajstić information content (AvgIpc) is 3.15. The monoisotopic (exact) mass is 321 g/mol. The highest BCUT2D eigenvalue weighted by Crippen LogP contribution is 2.25. The van der Waals surface area contributed by atoms with Gasteiger partial charge in [0.2, 0.25) is 11.8 Å².